The zero-order valence-electron chi connectivity index (χ0n) is 48.9. The first kappa shape index (κ1) is 65.7. The number of nitrogens with zero attached hydrogens (tertiary/aromatic N) is 6. The van der Waals surface area contributed by atoms with Gasteiger partial charge in [0, 0.05) is 75.5 Å². The summed E-state index contributed by atoms with van der Waals surface area (Å²) >= 11 is 0. The number of hydrogen-bond acceptors (Lipinski definition) is 12. The van der Waals surface area contributed by atoms with E-state index >= 15 is 0 Å². The molecule has 0 unspecified atom stereocenters. The molecule has 0 aliphatic rings. The zero-order chi connectivity index (χ0) is 61.0. The Morgan fingerprint density at radius 2 is 0.943 bits per heavy atom. The Kier molecular flexibility index (Phi) is 21.9. The maximum absolute atomic E-state index is 13.3. The van der Waals surface area contributed by atoms with Gasteiger partial charge in [-0.25, -0.2) is 23.9 Å². The van der Waals surface area contributed by atoms with Gasteiger partial charge in [-0.05, 0) is 74.5 Å². The number of nitrogens with two attached hydrogens (primary N) is 1. The number of benzene rings is 6. The maximum Gasteiger partial charge on any atom is 0.324 e. The van der Waals surface area contributed by atoms with E-state index in [1.807, 2.05) is 135 Å². The van der Waals surface area contributed by atoms with Gasteiger partial charge in [0.2, 0.25) is 0 Å². The van der Waals surface area contributed by atoms with Crippen LogP contribution >= 0.6 is 0 Å². The van der Waals surface area contributed by atoms with Crippen LogP contribution in [-0.4, -0.2) is 70.2 Å². The number of aromatic nitrogens is 6. The number of pyridine rings is 2. The van der Waals surface area contributed by atoms with Crippen LogP contribution in [0.3, 0.4) is 0 Å². The molecule has 0 aliphatic carbocycles. The summed E-state index contributed by atoms with van der Waals surface area (Å²) in [6.07, 6.45) is 3.40. The number of ketones is 1. The third-order valence-electron chi connectivity index (χ3n) is 13.1. The molecule has 8 N–H and O–H groups in total. The van der Waals surface area contributed by atoms with Gasteiger partial charge >= 0.3 is 18.0 Å². The molecule has 452 valence electrons. The molecule has 10 rings (SSSR count). The molecule has 0 saturated carbocycles. The highest BCUT2D eigenvalue weighted by molar-refractivity contribution is 6.08. The number of carboxylic acids is 1. The zero-order valence-corrected chi connectivity index (χ0v) is 48.9. The summed E-state index contributed by atoms with van der Waals surface area (Å²) in [5.41, 5.74) is 12.9. The van der Waals surface area contributed by atoms with Crippen LogP contribution in [0.15, 0.2) is 170 Å². The number of Topliss-reactive ketones (excluding diaryl/α,β-unsaturated/α-hetero) is 1. The summed E-state index contributed by atoms with van der Waals surface area (Å²) in [5, 5.41) is 41.6. The Balaban J connectivity index is 0.000000253. The second-order valence-corrected chi connectivity index (χ2v) is 22.0. The van der Waals surface area contributed by atoms with E-state index in [1.54, 1.807) is 65.1 Å². The second kappa shape index (κ2) is 28.9. The van der Waals surface area contributed by atoms with Crippen LogP contribution in [0, 0.1) is 13.8 Å². The molecular formula is C68H77N11O8. The largest absolute Gasteiger partial charge is 0.481 e. The highest BCUT2D eigenvalue weighted by Crippen LogP contribution is 2.37. The lowest BCUT2D eigenvalue weighted by molar-refractivity contribution is -0.136. The number of aliphatic hydroxyl groups excluding tert-OH is 1. The number of rotatable bonds is 14. The molecule has 0 bridgehead atoms. The number of urea groups is 2. The standard InChI is InChI=1S/C33H33N5O4.C30H30N6O2.C3H6O2.2CH4/c1-21-9-11-23(12-10-21)38-31(19-30(37-38)33(2,3)4)36-32(41)35-28-13-14-29(27-8-6-5-7-26(27)28)42-25-15-16-34-22(18-25)17-24(40)20-39;1-19-9-11-20(12-10-19)36-28(18-26(35-36)30(2,3)4)34-29(37)33-24-13-14-25(23-8-6-5-7-22(23)24)38-21-15-16-32-27(31)17-21;1-2-3(4)5;;/h5-16,18-19,39H,17,20H2,1-4H3,(H2,35,36,41);5-18H,1-4H3,(H2,31,32)(H2,33,34,37);2H2,1H3,(H,4,5);2*1H4. The lowest BCUT2D eigenvalue weighted by Crippen LogP contribution is -2.21. The average molecular weight is 1180 g/mol. The van der Waals surface area contributed by atoms with Crippen LogP contribution in [-0.2, 0) is 26.8 Å². The van der Waals surface area contributed by atoms with Crippen molar-refractivity contribution in [3.63, 3.8) is 0 Å². The summed E-state index contributed by atoms with van der Waals surface area (Å²) < 4.78 is 15.7. The highest BCUT2D eigenvalue weighted by Gasteiger charge is 2.24. The van der Waals surface area contributed by atoms with Gasteiger partial charge in [0.15, 0.2) is 5.78 Å². The lowest BCUT2D eigenvalue weighted by atomic mass is 9.92. The fourth-order valence-corrected chi connectivity index (χ4v) is 8.54. The topological polar surface area (TPSA) is 263 Å². The number of nitrogens with one attached hydrogen (secondary N) is 4. The number of hydrogen-bond donors (Lipinski definition) is 7. The minimum absolute atomic E-state index is 0. The molecule has 4 heterocycles. The van der Waals surface area contributed by atoms with Crippen LogP contribution < -0.4 is 36.5 Å². The number of amides is 4. The molecule has 0 fully saturated rings. The SMILES string of the molecule is C.C.CCC(=O)O.Cc1ccc(-n2nc(C(C)(C)C)cc2NC(=O)Nc2ccc(Oc3ccnc(CC(=O)CO)c3)c3ccccc23)cc1.Cc1ccc(-n2nc(C(C)(C)C)cc2NC(=O)Nc2ccc(Oc3ccnc(N)c3)c3ccccc23)cc1. The van der Waals surface area contributed by atoms with Gasteiger partial charge < -0.3 is 36.1 Å². The van der Waals surface area contributed by atoms with E-state index in [9.17, 15) is 19.2 Å². The van der Waals surface area contributed by atoms with Gasteiger partial charge in [-0.15, -0.1) is 0 Å². The van der Waals surface area contributed by atoms with E-state index in [4.69, 9.17) is 35.6 Å². The van der Waals surface area contributed by atoms with Crippen LogP contribution in [0.25, 0.3) is 32.9 Å². The van der Waals surface area contributed by atoms with Gasteiger partial charge in [-0.3, -0.25) is 25.2 Å². The number of aliphatic carboxylic acids is 1. The predicted octanol–water partition coefficient (Wildman–Crippen LogP) is 15.4. The summed E-state index contributed by atoms with van der Waals surface area (Å²) in [6.45, 7) is 17.6. The number of carbonyl (C=O) groups is 4. The summed E-state index contributed by atoms with van der Waals surface area (Å²) in [7, 11) is 0. The van der Waals surface area contributed by atoms with Gasteiger partial charge in [-0.1, -0.05) is 147 Å². The van der Waals surface area contributed by atoms with Crippen LogP contribution in [0.5, 0.6) is 23.0 Å². The van der Waals surface area contributed by atoms with Crippen molar-refractivity contribution < 1.29 is 38.9 Å². The van der Waals surface area contributed by atoms with Crippen molar-refractivity contribution >= 4 is 74.2 Å². The number of carbonyl (C=O) groups excluding carboxylic acids is 3. The molecule has 0 spiro atoms. The van der Waals surface area contributed by atoms with E-state index in [0.29, 0.717) is 57.5 Å². The number of aliphatic hydroxyl groups is 1. The molecule has 87 heavy (non-hydrogen) atoms. The number of aryl methyl sites for hydroxylation is 2. The Labute approximate surface area is 507 Å². The minimum Gasteiger partial charge on any atom is -0.481 e. The first-order chi connectivity index (χ1) is 40.5. The molecule has 0 radical (unpaired) electrons. The lowest BCUT2D eigenvalue weighted by Gasteiger charge is -2.14. The highest BCUT2D eigenvalue weighted by atomic mass is 16.5. The van der Waals surface area contributed by atoms with Gasteiger partial charge in [0.05, 0.1) is 46.3 Å². The fraction of sp³-hybridized carbons (Fsp3) is 0.235. The van der Waals surface area contributed by atoms with Crippen LogP contribution in [0.2, 0.25) is 0 Å². The van der Waals surface area contributed by atoms with Gasteiger partial charge in [-0.2, -0.15) is 10.2 Å². The number of anilines is 5. The second-order valence-electron chi connectivity index (χ2n) is 22.0. The summed E-state index contributed by atoms with van der Waals surface area (Å²) in [5.74, 6) is 2.75. The fourth-order valence-electron chi connectivity index (χ4n) is 8.54. The molecule has 0 aliphatic heterocycles. The normalized spacial score (nSPS) is 10.9. The quantitative estimate of drug-likeness (QED) is 0.0535. The first-order valence-corrected chi connectivity index (χ1v) is 27.5. The van der Waals surface area contributed by atoms with Crippen molar-refractivity contribution in [2.24, 2.45) is 0 Å². The van der Waals surface area contributed by atoms with Crippen molar-refractivity contribution in [2.75, 3.05) is 33.6 Å². The van der Waals surface area contributed by atoms with Crippen molar-refractivity contribution in [3.05, 3.63) is 198 Å². The van der Waals surface area contributed by atoms with Crippen molar-refractivity contribution in [3.8, 4) is 34.4 Å². The maximum atomic E-state index is 13.3. The number of carboxylic acid groups (broad SMARTS) is 1. The Morgan fingerprint density at radius 3 is 1.33 bits per heavy atom. The Bertz CT molecular complexity index is 4010. The Morgan fingerprint density at radius 1 is 0.540 bits per heavy atom. The molecule has 10 aromatic rings. The molecular weight excluding hydrogens is 1100 g/mol. The monoisotopic (exact) mass is 1180 g/mol. The van der Waals surface area contributed by atoms with E-state index in [2.05, 4.69) is 72.8 Å². The smallest absolute Gasteiger partial charge is 0.324 e. The molecule has 4 amide bonds. The average Bonchev–Trinajstić information content (AvgIpc) is 2.10. The van der Waals surface area contributed by atoms with Crippen LogP contribution in [0.4, 0.5) is 38.4 Å². The molecule has 4 aromatic heterocycles. The van der Waals surface area contributed by atoms with E-state index in [0.717, 1.165) is 55.4 Å². The van der Waals surface area contributed by atoms with Crippen molar-refractivity contribution in [2.45, 2.75) is 101 Å². The summed E-state index contributed by atoms with van der Waals surface area (Å²) in [6, 6.07) is 48.3. The van der Waals surface area contributed by atoms with Gasteiger partial charge in [0.25, 0.3) is 0 Å². The van der Waals surface area contributed by atoms with Crippen molar-refractivity contribution in [1.29, 1.82) is 0 Å². The molecule has 19 heteroatoms. The van der Waals surface area contributed by atoms with E-state index in [1.165, 1.54) is 0 Å². The van der Waals surface area contributed by atoms with E-state index in [-0.39, 0.29) is 50.3 Å². The summed E-state index contributed by atoms with van der Waals surface area (Å²) in [4.78, 5) is 55.7. The van der Waals surface area contributed by atoms with Gasteiger partial charge in [0.1, 0.15) is 47.1 Å². The predicted molar refractivity (Wildman–Crippen MR) is 347 cm³/mol. The Hall–Kier alpha value is -10.4. The minimum atomic E-state index is -0.745. The number of nitrogen functional groups attached to an aromatic ring is 1. The van der Waals surface area contributed by atoms with Crippen LogP contribution in [0.1, 0.15) is 97.9 Å². The van der Waals surface area contributed by atoms with Crippen molar-refractivity contribution in [1.82, 2.24) is 29.5 Å². The third kappa shape index (κ3) is 17.4. The molecule has 0 saturated heterocycles. The number of fused-ring (bicyclic) bond motifs is 2. The molecule has 19 nitrogen and oxygen atoms in total. The molecule has 6 aromatic carbocycles. The van der Waals surface area contributed by atoms with E-state index < -0.39 is 18.6 Å². The molecule has 0 atom stereocenters. The third-order valence-corrected chi connectivity index (χ3v) is 13.1. The first-order valence-electron chi connectivity index (χ1n) is 27.5. The number of ether oxygens (including phenoxy) is 2.